The third-order valence-electron chi connectivity index (χ3n) is 9.54. The lowest BCUT2D eigenvalue weighted by Gasteiger charge is -2.30. The smallest absolute Gasteiger partial charge is 0.251 e. The number of nitrogens with zero attached hydrogens (tertiary/aromatic N) is 2. The third-order valence-corrected chi connectivity index (χ3v) is 9.54. The Balaban J connectivity index is 1.16. The van der Waals surface area contributed by atoms with Crippen molar-refractivity contribution in [3.63, 3.8) is 0 Å². The molecule has 4 aromatic rings. The SMILES string of the molecule is O=C(NCC1CCN(CC(c2ccccc2)c2ccccc2)C(=O)C(CCCN2CCCCC2)N1)c1ccc2ccccc2c1. The summed E-state index contributed by atoms with van der Waals surface area (Å²) in [4.78, 5) is 32.1. The predicted octanol–water partition coefficient (Wildman–Crippen LogP) is 6.23. The van der Waals surface area contributed by atoms with E-state index in [2.05, 4.69) is 75.0 Å². The largest absolute Gasteiger partial charge is 0.350 e. The molecule has 0 bridgehead atoms. The van der Waals surface area contributed by atoms with Gasteiger partial charge in [0.05, 0.1) is 6.04 Å². The van der Waals surface area contributed by atoms with E-state index in [4.69, 9.17) is 0 Å². The summed E-state index contributed by atoms with van der Waals surface area (Å²) < 4.78 is 0. The molecule has 45 heavy (non-hydrogen) atoms. The van der Waals surface area contributed by atoms with Crippen LogP contribution in [0.25, 0.3) is 10.8 Å². The molecular formula is C39H46N4O2. The molecular weight excluding hydrogens is 556 g/mol. The number of carbonyl (C=O) groups excluding carboxylic acids is 2. The van der Waals surface area contributed by atoms with Crippen molar-refractivity contribution in [1.82, 2.24) is 20.4 Å². The number of piperidine rings is 1. The van der Waals surface area contributed by atoms with Crippen LogP contribution >= 0.6 is 0 Å². The van der Waals surface area contributed by atoms with Crippen molar-refractivity contribution < 1.29 is 9.59 Å². The zero-order chi connectivity index (χ0) is 30.8. The number of likely N-dealkylation sites (tertiary alicyclic amines) is 1. The van der Waals surface area contributed by atoms with Gasteiger partial charge in [-0.2, -0.15) is 0 Å². The van der Waals surface area contributed by atoms with E-state index in [1.54, 1.807) is 0 Å². The minimum absolute atomic E-state index is 0.00948. The molecule has 0 spiro atoms. The van der Waals surface area contributed by atoms with Gasteiger partial charge in [-0.15, -0.1) is 0 Å². The van der Waals surface area contributed by atoms with Crippen LogP contribution in [-0.2, 0) is 4.79 Å². The van der Waals surface area contributed by atoms with Crippen LogP contribution in [0.3, 0.4) is 0 Å². The highest BCUT2D eigenvalue weighted by molar-refractivity contribution is 5.98. The summed E-state index contributed by atoms with van der Waals surface area (Å²) >= 11 is 0. The molecule has 0 aromatic heterocycles. The first-order chi connectivity index (χ1) is 22.1. The summed E-state index contributed by atoms with van der Waals surface area (Å²) in [5.41, 5.74) is 3.09. The summed E-state index contributed by atoms with van der Waals surface area (Å²) in [5, 5.41) is 9.05. The number of fused-ring (bicyclic) bond motifs is 1. The van der Waals surface area contributed by atoms with Gasteiger partial charge in [-0.1, -0.05) is 97.4 Å². The van der Waals surface area contributed by atoms with Crippen LogP contribution in [0, 0.1) is 0 Å². The number of hydrogen-bond acceptors (Lipinski definition) is 4. The van der Waals surface area contributed by atoms with Crippen molar-refractivity contribution in [2.45, 2.75) is 56.5 Å². The van der Waals surface area contributed by atoms with Gasteiger partial charge in [-0.3, -0.25) is 9.59 Å². The van der Waals surface area contributed by atoms with Gasteiger partial charge in [0.1, 0.15) is 0 Å². The normalized spacial score (nSPS) is 19.5. The zero-order valence-electron chi connectivity index (χ0n) is 26.2. The van der Waals surface area contributed by atoms with Gasteiger partial charge < -0.3 is 20.4 Å². The van der Waals surface area contributed by atoms with Gasteiger partial charge in [-0.05, 0) is 85.8 Å². The standard InChI is InChI=1S/C39H46N4O2/c44-38(34-21-20-30-13-8-9-18-33(30)27-34)40-28-35-22-26-43(39(45)37(41-35)19-12-25-42-23-10-3-11-24-42)29-36(31-14-4-1-5-15-31)32-16-6-2-7-17-32/h1-2,4-9,13-18,20-21,27,35-37,41H,3,10-12,19,22-26,28-29H2,(H,40,44). The number of carbonyl (C=O) groups is 2. The van der Waals surface area contributed by atoms with Crippen molar-refractivity contribution in [3.05, 3.63) is 120 Å². The molecule has 6 rings (SSSR count). The molecule has 2 unspecified atom stereocenters. The fourth-order valence-electron chi connectivity index (χ4n) is 6.98. The summed E-state index contributed by atoms with van der Waals surface area (Å²) in [5.74, 6) is 0.188. The van der Waals surface area contributed by atoms with E-state index in [1.165, 1.54) is 30.4 Å². The van der Waals surface area contributed by atoms with Crippen LogP contribution in [0.2, 0.25) is 0 Å². The summed E-state index contributed by atoms with van der Waals surface area (Å²) in [7, 11) is 0. The minimum atomic E-state index is -0.271. The van der Waals surface area contributed by atoms with Gasteiger partial charge in [0, 0.05) is 37.2 Å². The van der Waals surface area contributed by atoms with Crippen molar-refractivity contribution in [3.8, 4) is 0 Å². The van der Waals surface area contributed by atoms with Crippen molar-refractivity contribution in [1.29, 1.82) is 0 Å². The van der Waals surface area contributed by atoms with Gasteiger partial charge >= 0.3 is 0 Å². The maximum atomic E-state index is 14.2. The first-order valence-electron chi connectivity index (χ1n) is 16.8. The number of nitrogens with one attached hydrogen (secondary N) is 2. The summed E-state index contributed by atoms with van der Waals surface area (Å²) in [6.07, 6.45) is 6.42. The molecule has 2 heterocycles. The Hall–Kier alpha value is -4.00. The van der Waals surface area contributed by atoms with E-state index in [0.717, 1.165) is 49.7 Å². The van der Waals surface area contributed by atoms with Crippen LogP contribution in [-0.4, -0.2) is 73.0 Å². The van der Waals surface area contributed by atoms with Gasteiger partial charge in [-0.25, -0.2) is 0 Å². The quantitative estimate of drug-likeness (QED) is 0.214. The topological polar surface area (TPSA) is 64.7 Å². The first kappa shape index (κ1) is 31.0. The Labute approximate surface area is 267 Å². The molecule has 2 atom stereocenters. The van der Waals surface area contributed by atoms with E-state index >= 15 is 0 Å². The fraction of sp³-hybridized carbons (Fsp3) is 0.385. The van der Waals surface area contributed by atoms with Gasteiger partial charge in [0.2, 0.25) is 5.91 Å². The molecule has 2 aliphatic heterocycles. The Bertz CT molecular complexity index is 1500. The average molecular weight is 603 g/mol. The highest BCUT2D eigenvalue weighted by atomic mass is 16.2. The molecule has 2 N–H and O–H groups in total. The second-order valence-electron chi connectivity index (χ2n) is 12.7. The monoisotopic (exact) mass is 602 g/mol. The summed E-state index contributed by atoms with van der Waals surface area (Å²) in [6, 6.07) is 34.7. The van der Waals surface area contributed by atoms with Gasteiger partial charge in [0.15, 0.2) is 0 Å². The molecule has 2 amide bonds. The molecule has 2 aliphatic rings. The average Bonchev–Trinajstić information content (AvgIpc) is 3.24. The number of rotatable bonds is 11. The van der Waals surface area contributed by atoms with Crippen molar-refractivity contribution in [2.24, 2.45) is 0 Å². The van der Waals surface area contributed by atoms with E-state index < -0.39 is 0 Å². The van der Waals surface area contributed by atoms with E-state index in [0.29, 0.717) is 25.2 Å². The number of hydrogen-bond donors (Lipinski definition) is 2. The Kier molecular flexibility index (Phi) is 10.6. The highest BCUT2D eigenvalue weighted by Gasteiger charge is 2.32. The van der Waals surface area contributed by atoms with Crippen LogP contribution in [0.5, 0.6) is 0 Å². The molecule has 2 fully saturated rings. The number of benzene rings is 4. The summed E-state index contributed by atoms with van der Waals surface area (Å²) in [6.45, 7) is 5.13. The fourth-order valence-corrected chi connectivity index (χ4v) is 6.98. The zero-order valence-corrected chi connectivity index (χ0v) is 26.2. The molecule has 234 valence electrons. The maximum absolute atomic E-state index is 14.2. The van der Waals surface area contributed by atoms with Crippen LogP contribution in [0.4, 0.5) is 0 Å². The van der Waals surface area contributed by atoms with E-state index in [-0.39, 0.29) is 29.8 Å². The van der Waals surface area contributed by atoms with Crippen LogP contribution in [0.1, 0.15) is 65.9 Å². The highest BCUT2D eigenvalue weighted by Crippen LogP contribution is 2.27. The predicted molar refractivity (Wildman–Crippen MR) is 182 cm³/mol. The lowest BCUT2D eigenvalue weighted by atomic mass is 9.90. The van der Waals surface area contributed by atoms with Crippen molar-refractivity contribution >= 4 is 22.6 Å². The molecule has 4 aromatic carbocycles. The van der Waals surface area contributed by atoms with Crippen LogP contribution < -0.4 is 10.6 Å². The van der Waals surface area contributed by atoms with Crippen LogP contribution in [0.15, 0.2) is 103 Å². The van der Waals surface area contributed by atoms with E-state index in [9.17, 15) is 9.59 Å². The Morgan fingerprint density at radius 1 is 0.800 bits per heavy atom. The Morgan fingerprint density at radius 2 is 1.47 bits per heavy atom. The molecule has 0 radical (unpaired) electrons. The maximum Gasteiger partial charge on any atom is 0.251 e. The molecule has 0 saturated carbocycles. The number of amides is 2. The molecule has 6 nitrogen and oxygen atoms in total. The van der Waals surface area contributed by atoms with Crippen molar-refractivity contribution in [2.75, 3.05) is 39.3 Å². The second-order valence-corrected chi connectivity index (χ2v) is 12.7. The first-order valence-corrected chi connectivity index (χ1v) is 16.8. The molecule has 2 saturated heterocycles. The molecule has 6 heteroatoms. The van der Waals surface area contributed by atoms with E-state index in [1.807, 2.05) is 48.5 Å². The Morgan fingerprint density at radius 3 is 2.18 bits per heavy atom. The lowest BCUT2D eigenvalue weighted by molar-refractivity contribution is -0.133. The van der Waals surface area contributed by atoms with Gasteiger partial charge in [0.25, 0.3) is 5.91 Å². The second kappa shape index (κ2) is 15.3. The third kappa shape index (κ3) is 8.19. The molecule has 0 aliphatic carbocycles. The lowest BCUT2D eigenvalue weighted by Crippen LogP contribution is -2.49. The minimum Gasteiger partial charge on any atom is -0.350 e.